The minimum absolute atomic E-state index is 0.376. The zero-order chi connectivity index (χ0) is 13.4. The molecule has 1 aliphatic heterocycles. The van der Waals surface area contributed by atoms with Crippen LogP contribution in [0.25, 0.3) is 0 Å². The van der Waals surface area contributed by atoms with Crippen molar-refractivity contribution >= 4 is 23.3 Å². The van der Waals surface area contributed by atoms with E-state index in [2.05, 4.69) is 4.98 Å². The Morgan fingerprint density at radius 1 is 1.44 bits per heavy atom. The third-order valence-corrected chi connectivity index (χ3v) is 3.10. The summed E-state index contributed by atoms with van der Waals surface area (Å²) in [6, 6.07) is 0. The largest absolute Gasteiger partial charge is 0.341 e. The molecule has 1 N–H and O–H groups in total. The van der Waals surface area contributed by atoms with Crippen molar-refractivity contribution in [2.75, 3.05) is 22.5 Å². The van der Waals surface area contributed by atoms with Crippen LogP contribution in [0.2, 0.25) is 0 Å². The molecular weight excluding hydrogens is 256 g/mol. The quantitative estimate of drug-likeness (QED) is 0.637. The second-order valence-electron chi connectivity index (χ2n) is 4.50. The Hall–Kier alpha value is -1.69. The molecule has 0 bridgehead atoms. The lowest BCUT2D eigenvalue weighted by Crippen LogP contribution is -2.32. The Morgan fingerprint density at radius 3 is 2.72 bits per heavy atom. The summed E-state index contributed by atoms with van der Waals surface area (Å²) < 4.78 is 2.72. The van der Waals surface area contributed by atoms with E-state index in [-0.39, 0.29) is 0 Å². The van der Waals surface area contributed by atoms with E-state index in [9.17, 15) is 9.59 Å². The highest BCUT2D eigenvalue weighted by atomic mass is 35.5. The molecule has 98 valence electrons. The molecular formula is C11H15ClN4O2. The van der Waals surface area contributed by atoms with Crippen molar-refractivity contribution in [1.29, 1.82) is 0 Å². The van der Waals surface area contributed by atoms with Gasteiger partial charge in [0.05, 0.1) is 0 Å². The lowest BCUT2D eigenvalue weighted by molar-refractivity contribution is 0.806. The molecule has 2 rings (SSSR count). The first-order chi connectivity index (χ1) is 8.41. The van der Waals surface area contributed by atoms with Crippen LogP contribution in [-0.2, 0) is 7.05 Å². The number of rotatable bonds is 2. The molecule has 0 aliphatic carbocycles. The highest BCUT2D eigenvalue weighted by molar-refractivity contribution is 6.27. The van der Waals surface area contributed by atoms with E-state index in [1.807, 2.05) is 24.8 Å². The lowest BCUT2D eigenvalue weighted by Gasteiger charge is -2.14. The molecule has 1 aromatic heterocycles. The molecule has 6 nitrogen and oxygen atoms in total. The van der Waals surface area contributed by atoms with Crippen molar-refractivity contribution in [1.82, 2.24) is 9.55 Å². The molecule has 2 heterocycles. The molecule has 18 heavy (non-hydrogen) atoms. The third kappa shape index (κ3) is 2.03. The average molecular weight is 271 g/mol. The summed E-state index contributed by atoms with van der Waals surface area (Å²) >= 11 is 6.06. The standard InChI is InChI=1S/C11H15ClN4O2/c1-7(2)4-5-15-6-16(12)10-8(15)9(17)13-11(18)14(10)3/h4H,5-6H2,1-3H3,(H,13,17,18). The number of hydrogen-bond donors (Lipinski definition) is 1. The van der Waals surface area contributed by atoms with Gasteiger partial charge in [0.15, 0.2) is 5.82 Å². The minimum Gasteiger partial charge on any atom is -0.341 e. The van der Waals surface area contributed by atoms with Crippen LogP contribution in [0.5, 0.6) is 0 Å². The van der Waals surface area contributed by atoms with Gasteiger partial charge in [-0.2, -0.15) is 0 Å². The first-order valence-corrected chi connectivity index (χ1v) is 5.90. The summed E-state index contributed by atoms with van der Waals surface area (Å²) in [5.41, 5.74) is 0.724. The summed E-state index contributed by atoms with van der Waals surface area (Å²) in [4.78, 5) is 27.5. The highest BCUT2D eigenvalue weighted by Gasteiger charge is 2.30. The number of aromatic nitrogens is 2. The maximum Gasteiger partial charge on any atom is 0.329 e. The van der Waals surface area contributed by atoms with Crippen molar-refractivity contribution in [2.24, 2.45) is 7.05 Å². The Morgan fingerprint density at radius 2 is 2.11 bits per heavy atom. The van der Waals surface area contributed by atoms with Gasteiger partial charge in [0.25, 0.3) is 5.56 Å². The van der Waals surface area contributed by atoms with E-state index in [1.165, 1.54) is 8.99 Å². The zero-order valence-corrected chi connectivity index (χ0v) is 11.3. The Kier molecular flexibility index (Phi) is 3.21. The van der Waals surface area contributed by atoms with Crippen LogP contribution in [0.4, 0.5) is 11.5 Å². The Bertz CT molecular complexity index is 612. The SMILES string of the molecule is CC(C)=CCN1CN(Cl)c2c1c(=O)[nH]c(=O)n2C. The highest BCUT2D eigenvalue weighted by Crippen LogP contribution is 2.31. The van der Waals surface area contributed by atoms with Gasteiger partial charge in [-0.3, -0.25) is 14.3 Å². The molecule has 7 heteroatoms. The summed E-state index contributed by atoms with van der Waals surface area (Å²) in [5, 5.41) is 0. The molecule has 0 aromatic carbocycles. The van der Waals surface area contributed by atoms with Crippen molar-refractivity contribution in [3.05, 3.63) is 32.5 Å². The van der Waals surface area contributed by atoms with Crippen molar-refractivity contribution in [3.63, 3.8) is 0 Å². The van der Waals surface area contributed by atoms with Crippen LogP contribution < -0.4 is 20.6 Å². The van der Waals surface area contributed by atoms with Crippen LogP contribution in [0.3, 0.4) is 0 Å². The fourth-order valence-electron chi connectivity index (χ4n) is 1.89. The van der Waals surface area contributed by atoms with Crippen molar-refractivity contribution in [2.45, 2.75) is 13.8 Å². The molecule has 0 radical (unpaired) electrons. The number of H-pyrrole nitrogens is 1. The molecule has 0 amide bonds. The topological polar surface area (TPSA) is 61.3 Å². The van der Waals surface area contributed by atoms with Crippen molar-refractivity contribution in [3.8, 4) is 0 Å². The van der Waals surface area contributed by atoms with Crippen LogP contribution in [0, 0.1) is 0 Å². The molecule has 0 saturated heterocycles. The number of fused-ring (bicyclic) bond motifs is 1. The van der Waals surface area contributed by atoms with Gasteiger partial charge in [0.2, 0.25) is 0 Å². The predicted octanol–water partition coefficient (Wildman–Crippen LogP) is 0.777. The van der Waals surface area contributed by atoms with Gasteiger partial charge >= 0.3 is 5.69 Å². The monoisotopic (exact) mass is 270 g/mol. The normalized spacial score (nSPS) is 13.8. The van der Waals surface area contributed by atoms with Crippen LogP contribution in [0.1, 0.15) is 13.8 Å². The van der Waals surface area contributed by atoms with E-state index >= 15 is 0 Å². The Balaban J connectivity index is 2.53. The molecule has 0 saturated carbocycles. The van der Waals surface area contributed by atoms with Gasteiger partial charge in [-0.1, -0.05) is 11.6 Å². The first-order valence-electron chi connectivity index (χ1n) is 5.56. The minimum atomic E-state index is -0.464. The van der Waals surface area contributed by atoms with E-state index in [0.717, 1.165) is 5.57 Å². The summed E-state index contributed by atoms with van der Waals surface area (Å²) in [6.45, 7) is 4.93. The predicted molar refractivity (Wildman–Crippen MR) is 72.3 cm³/mol. The van der Waals surface area contributed by atoms with E-state index in [0.29, 0.717) is 24.7 Å². The number of hydrogen-bond acceptors (Lipinski definition) is 4. The van der Waals surface area contributed by atoms with Crippen LogP contribution in [-0.4, -0.2) is 22.8 Å². The first kappa shape index (κ1) is 12.8. The smallest absolute Gasteiger partial charge is 0.329 e. The maximum atomic E-state index is 11.9. The van der Waals surface area contributed by atoms with Crippen LogP contribution in [0.15, 0.2) is 21.2 Å². The fourth-order valence-corrected chi connectivity index (χ4v) is 2.21. The average Bonchev–Trinajstić information content (AvgIpc) is 2.61. The van der Waals surface area contributed by atoms with E-state index in [1.54, 1.807) is 7.05 Å². The van der Waals surface area contributed by atoms with E-state index < -0.39 is 11.2 Å². The van der Waals surface area contributed by atoms with Gasteiger partial charge in [-0.25, -0.2) is 9.21 Å². The number of anilines is 2. The third-order valence-electron chi connectivity index (χ3n) is 2.83. The Labute approximate surface area is 109 Å². The van der Waals surface area contributed by atoms with Gasteiger partial charge in [0, 0.05) is 25.4 Å². The second kappa shape index (κ2) is 4.53. The lowest BCUT2D eigenvalue weighted by atomic mass is 10.3. The second-order valence-corrected chi connectivity index (χ2v) is 4.91. The van der Waals surface area contributed by atoms with Gasteiger partial charge in [-0.05, 0) is 13.8 Å². The molecule has 1 aromatic rings. The molecule has 0 atom stereocenters. The van der Waals surface area contributed by atoms with Gasteiger partial charge in [0.1, 0.15) is 12.4 Å². The molecule has 0 fully saturated rings. The van der Waals surface area contributed by atoms with Crippen molar-refractivity contribution < 1.29 is 0 Å². The molecule has 0 unspecified atom stereocenters. The summed E-state index contributed by atoms with van der Waals surface area (Å²) in [5.74, 6) is 0.438. The fraction of sp³-hybridized carbons (Fsp3) is 0.455. The van der Waals surface area contributed by atoms with Crippen LogP contribution >= 0.6 is 11.8 Å². The van der Waals surface area contributed by atoms with E-state index in [4.69, 9.17) is 11.8 Å². The number of nitrogens with one attached hydrogen (secondary N) is 1. The number of allylic oxidation sites excluding steroid dienone is 1. The molecule has 0 spiro atoms. The summed E-state index contributed by atoms with van der Waals surface area (Å²) in [7, 11) is 1.58. The van der Waals surface area contributed by atoms with Gasteiger partial charge < -0.3 is 4.90 Å². The zero-order valence-electron chi connectivity index (χ0n) is 10.5. The number of nitrogens with zero attached hydrogens (tertiary/aromatic N) is 3. The molecule has 1 aliphatic rings. The van der Waals surface area contributed by atoms with Gasteiger partial charge in [-0.15, -0.1) is 0 Å². The number of halogens is 1. The maximum absolute atomic E-state index is 11.9. The summed E-state index contributed by atoms with van der Waals surface area (Å²) in [6.07, 6.45) is 2.00. The number of aromatic amines is 1.